The van der Waals surface area contributed by atoms with Crippen LogP contribution in [-0.4, -0.2) is 40.7 Å². The minimum absolute atomic E-state index is 0.0412. The molecule has 0 aliphatic carbocycles. The van der Waals surface area contributed by atoms with Gasteiger partial charge in [-0.3, -0.25) is 4.79 Å². The lowest BCUT2D eigenvalue weighted by atomic mass is 10.0. The van der Waals surface area contributed by atoms with Crippen molar-refractivity contribution in [1.82, 2.24) is 19.9 Å². The number of ether oxygens (including phenoxy) is 1. The highest BCUT2D eigenvalue weighted by Crippen LogP contribution is 2.29. The highest BCUT2D eigenvalue weighted by atomic mass is 16.5. The van der Waals surface area contributed by atoms with Crippen molar-refractivity contribution >= 4 is 44.4 Å². The summed E-state index contributed by atoms with van der Waals surface area (Å²) in [6.45, 7) is 1.95. The van der Waals surface area contributed by atoms with Crippen molar-refractivity contribution in [3.63, 3.8) is 0 Å². The minimum Gasteiger partial charge on any atom is -0.384 e. The van der Waals surface area contributed by atoms with E-state index in [1.165, 1.54) is 0 Å². The quantitative estimate of drug-likeness (QED) is 0.306. The molecule has 7 heteroatoms. The van der Waals surface area contributed by atoms with Crippen LogP contribution in [0.3, 0.4) is 0 Å². The second kappa shape index (κ2) is 10.1. The van der Waals surface area contributed by atoms with E-state index < -0.39 is 0 Å². The van der Waals surface area contributed by atoms with E-state index in [2.05, 4.69) is 20.9 Å². The van der Waals surface area contributed by atoms with Crippen molar-refractivity contribution in [2.24, 2.45) is 0 Å². The highest BCUT2D eigenvalue weighted by Gasteiger charge is 2.17. The number of methoxy groups -OCH3 is 1. The molecule has 0 radical (unpaired) electrons. The number of nitrogen functional groups attached to an aromatic ring is 1. The minimum atomic E-state index is -0.0412. The first kappa shape index (κ1) is 22.8. The monoisotopic (exact) mass is 467 g/mol. The normalized spacial score (nSPS) is 11.5. The van der Waals surface area contributed by atoms with Crippen LogP contribution in [0.5, 0.6) is 0 Å². The molecular formula is C28H29N5O2. The van der Waals surface area contributed by atoms with Crippen LogP contribution in [0.25, 0.3) is 32.7 Å². The molecule has 0 aliphatic heterocycles. The number of para-hydroxylation sites is 1. The molecule has 0 atom stereocenters. The molecule has 0 aliphatic rings. The number of hydrogen-bond acceptors (Lipinski definition) is 5. The zero-order valence-corrected chi connectivity index (χ0v) is 19.8. The summed E-state index contributed by atoms with van der Waals surface area (Å²) in [6, 6.07) is 21.8. The number of carbonyl (C=O) groups is 1. The number of amides is 1. The maximum atomic E-state index is 12.8. The number of rotatable bonds is 9. The van der Waals surface area contributed by atoms with Gasteiger partial charge in [-0.2, -0.15) is 0 Å². The summed E-state index contributed by atoms with van der Waals surface area (Å²) in [7, 11) is 1.69. The number of nitrogens with two attached hydrogens (primary N) is 1. The number of aryl methyl sites for hydroxylation is 1. The average molecular weight is 468 g/mol. The van der Waals surface area contributed by atoms with Crippen LogP contribution < -0.4 is 11.1 Å². The number of pyridine rings is 1. The van der Waals surface area contributed by atoms with Gasteiger partial charge in [0.2, 0.25) is 0 Å². The number of nitrogens with zero attached hydrogens (tertiary/aromatic N) is 3. The van der Waals surface area contributed by atoms with Gasteiger partial charge in [0, 0.05) is 37.6 Å². The Labute approximate surface area is 203 Å². The van der Waals surface area contributed by atoms with Crippen molar-refractivity contribution in [3.8, 4) is 0 Å². The number of anilines is 1. The van der Waals surface area contributed by atoms with E-state index in [0.717, 1.165) is 57.9 Å². The van der Waals surface area contributed by atoms with E-state index in [1.54, 1.807) is 7.11 Å². The molecule has 0 spiro atoms. The van der Waals surface area contributed by atoms with Gasteiger partial charge in [0.1, 0.15) is 11.3 Å². The molecule has 35 heavy (non-hydrogen) atoms. The Balaban J connectivity index is 1.31. The average Bonchev–Trinajstić information content (AvgIpc) is 3.26. The van der Waals surface area contributed by atoms with Crippen LogP contribution in [0.2, 0.25) is 0 Å². The van der Waals surface area contributed by atoms with E-state index in [9.17, 15) is 4.79 Å². The smallest absolute Gasteiger partial charge is 0.251 e. The standard InChI is InChI=1S/C28H29N5O2/c1-35-18-15-24-32-25-26(22-12-4-5-14-23(22)31-27(25)29)33(24)17-7-6-16-30-28(34)21-13-8-10-19-9-2-3-11-20(19)21/h2-5,8-14H,6-7,15-18H2,1H3,(H2,29,31)(H,30,34). The number of carbonyl (C=O) groups excluding carboxylic acids is 1. The van der Waals surface area contributed by atoms with Gasteiger partial charge in [0.25, 0.3) is 5.91 Å². The fourth-order valence-corrected chi connectivity index (χ4v) is 4.65. The molecule has 2 aromatic heterocycles. The molecule has 0 fully saturated rings. The van der Waals surface area contributed by atoms with E-state index >= 15 is 0 Å². The second-order valence-electron chi connectivity index (χ2n) is 8.62. The SMILES string of the molecule is COCCc1nc2c(N)nc3ccccc3c2n1CCCCNC(=O)c1cccc2ccccc12. The summed E-state index contributed by atoms with van der Waals surface area (Å²) >= 11 is 0. The van der Waals surface area contributed by atoms with Gasteiger partial charge in [0.15, 0.2) is 5.82 Å². The Bertz CT molecular complexity index is 1500. The number of fused-ring (bicyclic) bond motifs is 4. The molecule has 1 amide bonds. The van der Waals surface area contributed by atoms with Crippen LogP contribution in [0.15, 0.2) is 66.7 Å². The molecule has 0 unspecified atom stereocenters. The number of nitrogens with one attached hydrogen (secondary N) is 1. The topological polar surface area (TPSA) is 95.1 Å². The summed E-state index contributed by atoms with van der Waals surface area (Å²) < 4.78 is 7.55. The van der Waals surface area contributed by atoms with Crippen LogP contribution >= 0.6 is 0 Å². The van der Waals surface area contributed by atoms with Crippen LogP contribution in [0.1, 0.15) is 29.0 Å². The first-order chi connectivity index (χ1) is 17.2. The summed E-state index contributed by atoms with van der Waals surface area (Å²) in [5.74, 6) is 1.34. The number of aromatic nitrogens is 3. The van der Waals surface area contributed by atoms with Gasteiger partial charge in [-0.05, 0) is 35.7 Å². The van der Waals surface area contributed by atoms with Gasteiger partial charge < -0.3 is 20.4 Å². The molecule has 0 saturated heterocycles. The Morgan fingerprint density at radius 3 is 2.60 bits per heavy atom. The molecular weight excluding hydrogens is 438 g/mol. The summed E-state index contributed by atoms with van der Waals surface area (Å²) in [5.41, 5.74) is 9.59. The predicted octanol–water partition coefficient (Wildman–Crippen LogP) is 4.72. The molecule has 0 saturated carbocycles. The molecule has 3 N–H and O–H groups in total. The summed E-state index contributed by atoms with van der Waals surface area (Å²) in [5, 5.41) is 6.16. The van der Waals surface area contributed by atoms with Crippen LogP contribution in [-0.2, 0) is 17.7 Å². The van der Waals surface area contributed by atoms with Gasteiger partial charge in [-0.15, -0.1) is 0 Å². The van der Waals surface area contributed by atoms with Gasteiger partial charge in [0.05, 0.1) is 17.6 Å². The van der Waals surface area contributed by atoms with Crippen LogP contribution in [0, 0.1) is 0 Å². The molecule has 5 rings (SSSR count). The number of imidazole rings is 1. The molecule has 2 heterocycles. The molecule has 3 aromatic carbocycles. The van der Waals surface area contributed by atoms with Crippen molar-refractivity contribution in [2.75, 3.05) is 26.0 Å². The van der Waals surface area contributed by atoms with E-state index in [1.807, 2.05) is 60.7 Å². The maximum Gasteiger partial charge on any atom is 0.251 e. The summed E-state index contributed by atoms with van der Waals surface area (Å²) in [4.78, 5) is 22.2. The second-order valence-corrected chi connectivity index (χ2v) is 8.62. The Hall–Kier alpha value is -3.97. The summed E-state index contributed by atoms with van der Waals surface area (Å²) in [6.07, 6.45) is 2.42. The molecule has 5 aromatic rings. The maximum absolute atomic E-state index is 12.8. The fourth-order valence-electron chi connectivity index (χ4n) is 4.65. The fraction of sp³-hybridized carbons (Fsp3) is 0.250. The van der Waals surface area contributed by atoms with Crippen molar-refractivity contribution in [1.29, 1.82) is 0 Å². The molecule has 0 bridgehead atoms. The van der Waals surface area contributed by atoms with E-state index in [0.29, 0.717) is 31.0 Å². The largest absolute Gasteiger partial charge is 0.384 e. The van der Waals surface area contributed by atoms with Crippen molar-refractivity contribution in [2.45, 2.75) is 25.8 Å². The lowest BCUT2D eigenvalue weighted by Gasteiger charge is -2.12. The number of unbranched alkanes of at least 4 members (excludes halogenated alkanes) is 1. The van der Waals surface area contributed by atoms with Gasteiger partial charge in [-0.25, -0.2) is 9.97 Å². The molecule has 7 nitrogen and oxygen atoms in total. The van der Waals surface area contributed by atoms with E-state index in [-0.39, 0.29) is 5.91 Å². The van der Waals surface area contributed by atoms with E-state index in [4.69, 9.17) is 15.5 Å². The predicted molar refractivity (Wildman–Crippen MR) is 141 cm³/mol. The lowest BCUT2D eigenvalue weighted by Crippen LogP contribution is -2.24. The third-order valence-electron chi connectivity index (χ3n) is 6.35. The Morgan fingerprint density at radius 2 is 1.74 bits per heavy atom. The highest BCUT2D eigenvalue weighted by molar-refractivity contribution is 6.07. The van der Waals surface area contributed by atoms with Crippen LogP contribution in [0.4, 0.5) is 5.82 Å². The zero-order chi connectivity index (χ0) is 24.2. The third-order valence-corrected chi connectivity index (χ3v) is 6.35. The van der Waals surface area contributed by atoms with Crippen molar-refractivity contribution in [3.05, 3.63) is 78.1 Å². The third kappa shape index (κ3) is 4.55. The Morgan fingerprint density at radius 1 is 0.971 bits per heavy atom. The lowest BCUT2D eigenvalue weighted by molar-refractivity contribution is 0.0954. The molecule has 178 valence electrons. The Kier molecular flexibility index (Phi) is 6.59. The number of benzene rings is 3. The number of hydrogen-bond donors (Lipinski definition) is 2. The first-order valence-corrected chi connectivity index (χ1v) is 12.0. The first-order valence-electron chi connectivity index (χ1n) is 12.0. The zero-order valence-electron chi connectivity index (χ0n) is 19.8. The van der Waals surface area contributed by atoms with Gasteiger partial charge in [-0.1, -0.05) is 54.6 Å². The van der Waals surface area contributed by atoms with Crippen molar-refractivity contribution < 1.29 is 9.53 Å². The van der Waals surface area contributed by atoms with Gasteiger partial charge >= 0.3 is 0 Å².